The Bertz CT molecular complexity index is 293. The van der Waals surface area contributed by atoms with Crippen molar-refractivity contribution >= 4 is 24.9 Å². The maximum Gasteiger partial charge on any atom is 0.0469 e. The molecule has 0 fully saturated rings. The van der Waals surface area contributed by atoms with Crippen LogP contribution in [0.15, 0.2) is 20.0 Å². The standard InChI is InChI=1S/C10H20N2.C8H16N2.Co/c1-5-9(3)11-7-8-12-10(4)6-2;1-3-5-9-7-8-10-6-4-2;/h7-10H,5-6H2,1-4H3;7-8H,3-6H2,1-2H3;. The topological polar surface area (TPSA) is 49.4 Å². The first-order valence-corrected chi connectivity index (χ1v) is 8.65. The van der Waals surface area contributed by atoms with Gasteiger partial charge in [0, 0.05) is 66.8 Å². The van der Waals surface area contributed by atoms with Gasteiger partial charge in [0.25, 0.3) is 0 Å². The van der Waals surface area contributed by atoms with Crippen molar-refractivity contribution in [2.45, 2.75) is 79.3 Å². The molecule has 0 aromatic carbocycles. The predicted molar refractivity (Wildman–Crippen MR) is 104 cm³/mol. The van der Waals surface area contributed by atoms with Crippen LogP contribution in [-0.2, 0) is 16.8 Å². The minimum Gasteiger partial charge on any atom is -0.292 e. The third-order valence-electron chi connectivity index (χ3n) is 2.91. The molecule has 5 heteroatoms. The molecule has 0 amide bonds. The molecule has 137 valence electrons. The Morgan fingerprint density at radius 3 is 1.26 bits per heavy atom. The maximum atomic E-state index is 4.27. The van der Waals surface area contributed by atoms with E-state index >= 15 is 0 Å². The summed E-state index contributed by atoms with van der Waals surface area (Å²) in [4.78, 5) is 16.7. The van der Waals surface area contributed by atoms with Crippen molar-refractivity contribution in [3.8, 4) is 0 Å². The number of hydrogen-bond acceptors (Lipinski definition) is 4. The van der Waals surface area contributed by atoms with Gasteiger partial charge in [-0.1, -0.05) is 27.7 Å². The molecule has 0 aromatic heterocycles. The second-order valence-electron chi connectivity index (χ2n) is 5.22. The molecule has 0 N–H and O–H groups in total. The molecule has 0 saturated carbocycles. The van der Waals surface area contributed by atoms with E-state index in [0.29, 0.717) is 12.1 Å². The molecule has 0 saturated heterocycles. The van der Waals surface area contributed by atoms with Crippen LogP contribution in [-0.4, -0.2) is 50.0 Å². The molecule has 0 bridgehead atoms. The molecule has 0 rings (SSSR count). The third kappa shape index (κ3) is 26.4. The summed E-state index contributed by atoms with van der Waals surface area (Å²) in [6.45, 7) is 14.5. The number of hydrogen-bond donors (Lipinski definition) is 0. The van der Waals surface area contributed by atoms with Gasteiger partial charge in [-0.3, -0.25) is 20.0 Å². The van der Waals surface area contributed by atoms with Crippen molar-refractivity contribution in [2.24, 2.45) is 20.0 Å². The Morgan fingerprint density at radius 2 is 1.00 bits per heavy atom. The zero-order valence-electron chi connectivity index (χ0n) is 15.8. The van der Waals surface area contributed by atoms with Crippen LogP contribution in [0.2, 0.25) is 0 Å². The van der Waals surface area contributed by atoms with Gasteiger partial charge in [-0.15, -0.1) is 0 Å². The van der Waals surface area contributed by atoms with E-state index in [-0.39, 0.29) is 16.8 Å². The van der Waals surface area contributed by atoms with E-state index in [2.05, 4.69) is 61.5 Å². The Morgan fingerprint density at radius 1 is 0.652 bits per heavy atom. The summed E-state index contributed by atoms with van der Waals surface area (Å²) in [5, 5.41) is 0. The van der Waals surface area contributed by atoms with E-state index in [1.165, 1.54) is 0 Å². The second kappa shape index (κ2) is 23.5. The summed E-state index contributed by atoms with van der Waals surface area (Å²) in [6, 6.07) is 0.849. The van der Waals surface area contributed by atoms with Crippen molar-refractivity contribution in [2.75, 3.05) is 13.1 Å². The van der Waals surface area contributed by atoms with Crippen molar-refractivity contribution in [1.29, 1.82) is 0 Å². The van der Waals surface area contributed by atoms with Gasteiger partial charge >= 0.3 is 0 Å². The summed E-state index contributed by atoms with van der Waals surface area (Å²) < 4.78 is 0. The van der Waals surface area contributed by atoms with Crippen molar-refractivity contribution < 1.29 is 16.8 Å². The Balaban J connectivity index is -0.000000338. The number of nitrogens with zero attached hydrogens (tertiary/aromatic N) is 4. The third-order valence-corrected chi connectivity index (χ3v) is 2.91. The summed E-state index contributed by atoms with van der Waals surface area (Å²) in [5.41, 5.74) is 0. The molecule has 0 heterocycles. The summed E-state index contributed by atoms with van der Waals surface area (Å²) >= 11 is 0. The van der Waals surface area contributed by atoms with Gasteiger partial charge in [-0.05, 0) is 39.5 Å². The van der Waals surface area contributed by atoms with Gasteiger partial charge in [0.2, 0.25) is 0 Å². The Kier molecular flexibility index (Phi) is 27.6. The van der Waals surface area contributed by atoms with Gasteiger partial charge in [0.15, 0.2) is 0 Å². The quantitative estimate of drug-likeness (QED) is 0.504. The monoisotopic (exact) mass is 367 g/mol. The van der Waals surface area contributed by atoms with Crippen molar-refractivity contribution in [3.63, 3.8) is 0 Å². The van der Waals surface area contributed by atoms with Gasteiger partial charge in [0.05, 0.1) is 0 Å². The predicted octanol–water partition coefficient (Wildman–Crippen LogP) is 4.67. The molecule has 2 atom stereocenters. The van der Waals surface area contributed by atoms with Crippen LogP contribution in [0.3, 0.4) is 0 Å². The van der Waals surface area contributed by atoms with E-state index in [0.717, 1.165) is 38.8 Å². The zero-order chi connectivity index (χ0) is 17.1. The van der Waals surface area contributed by atoms with Crippen LogP contribution < -0.4 is 0 Å². The summed E-state index contributed by atoms with van der Waals surface area (Å²) in [5.74, 6) is 0. The van der Waals surface area contributed by atoms with Crippen LogP contribution in [0.5, 0.6) is 0 Å². The van der Waals surface area contributed by atoms with Gasteiger partial charge in [-0.2, -0.15) is 0 Å². The molecular formula is C18H36CoN4. The van der Waals surface area contributed by atoms with Crippen molar-refractivity contribution in [3.05, 3.63) is 0 Å². The van der Waals surface area contributed by atoms with E-state index in [4.69, 9.17) is 0 Å². The molecule has 4 nitrogen and oxygen atoms in total. The molecule has 0 aliphatic carbocycles. The fourth-order valence-corrected chi connectivity index (χ4v) is 1.08. The first kappa shape index (κ1) is 27.1. The SMILES string of the molecule is CCC(C)N=CC=NC(C)CC.CCCN=CC=NCCC.[Co]. The van der Waals surface area contributed by atoms with Gasteiger partial charge in [0.1, 0.15) is 0 Å². The molecule has 0 aliphatic heterocycles. The first-order chi connectivity index (χ1) is 10.6. The second-order valence-corrected chi connectivity index (χ2v) is 5.22. The Labute approximate surface area is 154 Å². The average molecular weight is 367 g/mol. The minimum atomic E-state index is 0. The van der Waals surface area contributed by atoms with E-state index in [9.17, 15) is 0 Å². The summed E-state index contributed by atoms with van der Waals surface area (Å²) in [6.07, 6.45) is 11.6. The van der Waals surface area contributed by atoms with Crippen LogP contribution in [0.1, 0.15) is 67.2 Å². The van der Waals surface area contributed by atoms with E-state index < -0.39 is 0 Å². The molecule has 0 aliphatic rings. The molecular weight excluding hydrogens is 331 g/mol. The van der Waals surface area contributed by atoms with E-state index in [1.54, 1.807) is 24.9 Å². The smallest absolute Gasteiger partial charge is 0.0469 e. The van der Waals surface area contributed by atoms with Crippen LogP contribution in [0.25, 0.3) is 0 Å². The summed E-state index contributed by atoms with van der Waals surface area (Å²) in [7, 11) is 0. The maximum absolute atomic E-state index is 4.27. The fraction of sp³-hybridized carbons (Fsp3) is 0.778. The average Bonchev–Trinajstić information content (AvgIpc) is 2.55. The van der Waals surface area contributed by atoms with Crippen LogP contribution in [0, 0.1) is 0 Å². The molecule has 2 unspecified atom stereocenters. The molecule has 23 heavy (non-hydrogen) atoms. The van der Waals surface area contributed by atoms with Crippen LogP contribution in [0.4, 0.5) is 0 Å². The molecule has 0 spiro atoms. The van der Waals surface area contributed by atoms with Gasteiger partial charge < -0.3 is 0 Å². The van der Waals surface area contributed by atoms with Crippen molar-refractivity contribution in [1.82, 2.24) is 0 Å². The number of aliphatic imine (C=N–C) groups is 4. The minimum absolute atomic E-state index is 0. The first-order valence-electron chi connectivity index (χ1n) is 8.65. The van der Waals surface area contributed by atoms with E-state index in [1.807, 2.05) is 0 Å². The largest absolute Gasteiger partial charge is 0.292 e. The molecule has 0 aromatic rings. The Hall–Kier alpha value is -0.814. The fourth-order valence-electron chi connectivity index (χ4n) is 1.08. The number of rotatable bonds is 10. The van der Waals surface area contributed by atoms with Gasteiger partial charge in [-0.25, -0.2) is 0 Å². The molecule has 1 radical (unpaired) electrons. The zero-order valence-corrected chi connectivity index (χ0v) is 16.9. The van der Waals surface area contributed by atoms with Crippen LogP contribution >= 0.6 is 0 Å². The normalized spacial score (nSPS) is 14.2.